The van der Waals surface area contributed by atoms with Crippen LogP contribution >= 0.6 is 0 Å². The van der Waals surface area contributed by atoms with Crippen LogP contribution in [0.3, 0.4) is 0 Å². The van der Waals surface area contributed by atoms with E-state index in [-0.39, 0.29) is 17.9 Å². The molecule has 0 aliphatic rings. The number of primary amides is 1. The van der Waals surface area contributed by atoms with Crippen molar-refractivity contribution in [3.63, 3.8) is 0 Å². The molecule has 0 aromatic carbocycles. The Bertz CT molecular complexity index is 329. The molecule has 0 aliphatic heterocycles. The van der Waals surface area contributed by atoms with E-state index >= 15 is 0 Å². The van der Waals surface area contributed by atoms with Crippen LogP contribution in [0, 0.1) is 11.3 Å². The summed E-state index contributed by atoms with van der Waals surface area (Å²) < 4.78 is 4.62. The minimum absolute atomic E-state index is 0.162. The van der Waals surface area contributed by atoms with E-state index in [2.05, 4.69) is 10.2 Å². The minimum Gasteiger partial charge on any atom is -0.462 e. The fourth-order valence-electron chi connectivity index (χ4n) is 0.704. The lowest BCUT2D eigenvalue weighted by atomic mass is 10.2. The Kier molecular flexibility index (Phi) is 5.33. The summed E-state index contributed by atoms with van der Waals surface area (Å²) in [6.45, 7) is 3.23. The summed E-state index contributed by atoms with van der Waals surface area (Å²) >= 11 is 0. The molecule has 0 bridgehead atoms. The maximum Gasteiger partial charge on any atom is 0.350 e. The van der Waals surface area contributed by atoms with E-state index in [1.54, 1.807) is 13.0 Å². The van der Waals surface area contributed by atoms with Crippen molar-refractivity contribution in [2.45, 2.75) is 13.8 Å². The molecule has 0 fully saturated rings. The molecule has 0 heterocycles. The van der Waals surface area contributed by atoms with Gasteiger partial charge in [-0.05, 0) is 13.8 Å². The van der Waals surface area contributed by atoms with E-state index in [1.165, 1.54) is 6.92 Å². The van der Waals surface area contributed by atoms with Gasteiger partial charge in [-0.15, -0.1) is 0 Å². The number of rotatable bonds is 4. The molecule has 82 valence electrons. The largest absolute Gasteiger partial charge is 0.462 e. The number of carbonyl (C=O) groups excluding carboxylic acids is 2. The van der Waals surface area contributed by atoms with Gasteiger partial charge in [0.05, 0.1) is 12.3 Å². The fraction of sp³-hybridized carbons (Fsp3) is 0.375. The molecule has 2 amide bonds. The lowest BCUT2D eigenvalue weighted by Crippen LogP contribution is -2.40. The maximum atomic E-state index is 11.2. The number of hydrazine groups is 1. The number of hydrogen-bond donors (Lipinski definition) is 3. The number of nitrogens with two attached hydrogens (primary N) is 1. The molecule has 15 heavy (non-hydrogen) atoms. The van der Waals surface area contributed by atoms with Gasteiger partial charge < -0.3 is 10.5 Å². The van der Waals surface area contributed by atoms with Crippen LogP contribution in [-0.2, 0) is 9.53 Å². The Morgan fingerprint density at radius 2 is 2.07 bits per heavy atom. The van der Waals surface area contributed by atoms with E-state index in [4.69, 9.17) is 11.0 Å². The lowest BCUT2D eigenvalue weighted by Gasteiger charge is -2.08. The van der Waals surface area contributed by atoms with Crippen LogP contribution in [0.25, 0.3) is 0 Å². The van der Waals surface area contributed by atoms with Crippen molar-refractivity contribution in [1.29, 1.82) is 5.26 Å². The second-order valence-corrected chi connectivity index (χ2v) is 2.45. The second kappa shape index (κ2) is 6.26. The number of urea groups is 1. The van der Waals surface area contributed by atoms with Gasteiger partial charge in [0, 0.05) is 0 Å². The van der Waals surface area contributed by atoms with Gasteiger partial charge in [-0.3, -0.25) is 10.9 Å². The first kappa shape index (κ1) is 12.8. The number of amides is 2. The molecule has 7 heteroatoms. The van der Waals surface area contributed by atoms with Gasteiger partial charge in [0.2, 0.25) is 0 Å². The Morgan fingerprint density at radius 3 is 2.47 bits per heavy atom. The normalized spacial score (nSPS) is 10.7. The van der Waals surface area contributed by atoms with Crippen molar-refractivity contribution in [3.05, 3.63) is 11.3 Å². The van der Waals surface area contributed by atoms with Crippen molar-refractivity contribution in [3.8, 4) is 6.07 Å². The highest BCUT2D eigenvalue weighted by Crippen LogP contribution is 2.01. The first-order valence-corrected chi connectivity index (χ1v) is 4.12. The highest BCUT2D eigenvalue weighted by molar-refractivity contribution is 5.93. The first-order valence-electron chi connectivity index (χ1n) is 4.12. The lowest BCUT2D eigenvalue weighted by molar-refractivity contribution is -0.138. The molecular weight excluding hydrogens is 200 g/mol. The highest BCUT2D eigenvalue weighted by Gasteiger charge is 2.13. The summed E-state index contributed by atoms with van der Waals surface area (Å²) in [5, 5.41) is 8.67. The highest BCUT2D eigenvalue weighted by atomic mass is 16.5. The summed E-state index contributed by atoms with van der Waals surface area (Å²) in [6.07, 6.45) is 0. The van der Waals surface area contributed by atoms with E-state index in [1.807, 2.05) is 5.43 Å². The molecule has 0 rings (SSSR count). The zero-order valence-corrected chi connectivity index (χ0v) is 8.46. The van der Waals surface area contributed by atoms with Crippen LogP contribution in [0.15, 0.2) is 11.3 Å². The standard InChI is InChI=1S/C8H12N4O3/c1-3-15-7(13)6(4-9)5(2)11-12-8(10)14/h11H,3H2,1-2H3,(H3,10,12,14). The van der Waals surface area contributed by atoms with Gasteiger partial charge in [-0.25, -0.2) is 9.59 Å². The zero-order chi connectivity index (χ0) is 11.8. The van der Waals surface area contributed by atoms with Crippen LogP contribution in [-0.4, -0.2) is 18.6 Å². The first-order chi connectivity index (χ1) is 7.02. The topological polar surface area (TPSA) is 117 Å². The summed E-state index contributed by atoms with van der Waals surface area (Å²) in [6, 6.07) is 0.837. The zero-order valence-electron chi connectivity index (χ0n) is 8.46. The summed E-state index contributed by atoms with van der Waals surface area (Å²) in [5.41, 5.74) is 9.06. The molecule has 0 aromatic rings. The quantitative estimate of drug-likeness (QED) is 0.252. The molecule has 0 spiro atoms. The third-order valence-electron chi connectivity index (χ3n) is 1.34. The van der Waals surface area contributed by atoms with E-state index < -0.39 is 12.0 Å². The predicted octanol–water partition coefficient (Wildman–Crippen LogP) is -0.480. The summed E-state index contributed by atoms with van der Waals surface area (Å²) in [5.74, 6) is -0.753. The summed E-state index contributed by atoms with van der Waals surface area (Å²) in [7, 11) is 0. The monoisotopic (exact) mass is 212 g/mol. The molecule has 7 nitrogen and oxygen atoms in total. The molecule has 0 atom stereocenters. The van der Waals surface area contributed by atoms with Crippen LogP contribution in [0.5, 0.6) is 0 Å². The fourth-order valence-corrected chi connectivity index (χ4v) is 0.704. The number of nitriles is 1. The van der Waals surface area contributed by atoms with Crippen molar-refractivity contribution in [2.24, 2.45) is 5.73 Å². The number of nitrogens with one attached hydrogen (secondary N) is 2. The van der Waals surface area contributed by atoms with Gasteiger partial charge in [0.25, 0.3) is 0 Å². The third kappa shape index (κ3) is 4.52. The van der Waals surface area contributed by atoms with Crippen LogP contribution in [0.4, 0.5) is 4.79 Å². The van der Waals surface area contributed by atoms with Crippen LogP contribution < -0.4 is 16.6 Å². The molecule has 0 unspecified atom stereocenters. The molecule has 0 saturated carbocycles. The van der Waals surface area contributed by atoms with E-state index in [0.29, 0.717) is 0 Å². The van der Waals surface area contributed by atoms with Crippen LogP contribution in [0.2, 0.25) is 0 Å². The average Bonchev–Trinajstić information content (AvgIpc) is 2.16. The smallest absolute Gasteiger partial charge is 0.350 e. The van der Waals surface area contributed by atoms with Crippen molar-refractivity contribution in [1.82, 2.24) is 10.9 Å². The molecular formula is C8H12N4O3. The molecule has 0 radical (unpaired) electrons. The van der Waals surface area contributed by atoms with E-state index in [9.17, 15) is 9.59 Å². The molecule has 0 aromatic heterocycles. The number of esters is 1. The van der Waals surface area contributed by atoms with Crippen molar-refractivity contribution in [2.75, 3.05) is 6.61 Å². The van der Waals surface area contributed by atoms with E-state index in [0.717, 1.165) is 0 Å². The number of carbonyl (C=O) groups is 2. The number of allylic oxidation sites excluding steroid dienone is 1. The maximum absolute atomic E-state index is 11.2. The third-order valence-corrected chi connectivity index (χ3v) is 1.34. The number of nitrogens with zero attached hydrogens (tertiary/aromatic N) is 1. The molecule has 0 aliphatic carbocycles. The predicted molar refractivity (Wildman–Crippen MR) is 50.8 cm³/mol. The van der Waals surface area contributed by atoms with Crippen LogP contribution in [0.1, 0.15) is 13.8 Å². The molecule has 0 saturated heterocycles. The number of hydrogen-bond acceptors (Lipinski definition) is 5. The Morgan fingerprint density at radius 1 is 1.47 bits per heavy atom. The van der Waals surface area contributed by atoms with Crippen molar-refractivity contribution >= 4 is 12.0 Å². The SMILES string of the molecule is CCOC(=O)C(C#N)=C(C)NNC(N)=O. The second-order valence-electron chi connectivity index (χ2n) is 2.45. The molecule has 4 N–H and O–H groups in total. The Balaban J connectivity index is 4.61. The van der Waals surface area contributed by atoms with Gasteiger partial charge in [-0.2, -0.15) is 5.26 Å². The average molecular weight is 212 g/mol. The van der Waals surface area contributed by atoms with Gasteiger partial charge in [0.1, 0.15) is 6.07 Å². The minimum atomic E-state index is -0.824. The number of ether oxygens (including phenoxy) is 1. The Labute approximate surface area is 86.8 Å². The summed E-state index contributed by atoms with van der Waals surface area (Å²) in [4.78, 5) is 21.5. The van der Waals surface area contributed by atoms with Gasteiger partial charge in [0.15, 0.2) is 5.57 Å². The van der Waals surface area contributed by atoms with Gasteiger partial charge in [-0.1, -0.05) is 0 Å². The van der Waals surface area contributed by atoms with Crippen molar-refractivity contribution < 1.29 is 14.3 Å². The van der Waals surface area contributed by atoms with Gasteiger partial charge >= 0.3 is 12.0 Å². The Hall–Kier alpha value is -2.23.